The second kappa shape index (κ2) is 5.46. The molecule has 0 N–H and O–H groups in total. The Morgan fingerprint density at radius 2 is 2.00 bits per heavy atom. The van der Waals surface area contributed by atoms with E-state index in [9.17, 15) is 4.79 Å². The van der Waals surface area contributed by atoms with Crippen LogP contribution in [-0.2, 0) is 16.0 Å². The van der Waals surface area contributed by atoms with Gasteiger partial charge in [-0.2, -0.15) is 0 Å². The van der Waals surface area contributed by atoms with Crippen LogP contribution in [0, 0.1) is 13.8 Å². The average molecular weight is 234 g/mol. The van der Waals surface area contributed by atoms with E-state index in [0.29, 0.717) is 12.8 Å². The molecule has 0 fully saturated rings. The van der Waals surface area contributed by atoms with Gasteiger partial charge in [-0.15, -0.1) is 0 Å². The first kappa shape index (κ1) is 13.9. The third kappa shape index (κ3) is 3.16. The summed E-state index contributed by atoms with van der Waals surface area (Å²) in [6.45, 7) is 7.92. The minimum absolute atomic E-state index is 0.149. The van der Waals surface area contributed by atoms with E-state index in [1.54, 1.807) is 7.11 Å². The second-order valence-electron chi connectivity index (χ2n) is 4.82. The zero-order chi connectivity index (χ0) is 13.1. The fraction of sp³-hybridized carbons (Fsp3) is 0.533. The first-order chi connectivity index (χ1) is 7.92. The van der Waals surface area contributed by atoms with Gasteiger partial charge in [0.1, 0.15) is 5.60 Å². The third-order valence-electron chi connectivity index (χ3n) is 3.57. The highest BCUT2D eigenvalue weighted by Crippen LogP contribution is 2.20. The van der Waals surface area contributed by atoms with E-state index in [1.165, 1.54) is 11.1 Å². The molecule has 0 aliphatic rings. The van der Waals surface area contributed by atoms with Crippen molar-refractivity contribution in [2.24, 2.45) is 0 Å². The van der Waals surface area contributed by atoms with Crippen LogP contribution in [0.3, 0.4) is 0 Å². The van der Waals surface area contributed by atoms with Crippen molar-refractivity contribution >= 4 is 5.78 Å². The van der Waals surface area contributed by atoms with Crippen LogP contribution in [0.25, 0.3) is 0 Å². The number of ether oxygens (including phenoxy) is 1. The van der Waals surface area contributed by atoms with E-state index in [-0.39, 0.29) is 5.78 Å². The number of hydrogen-bond donors (Lipinski definition) is 0. The quantitative estimate of drug-likeness (QED) is 0.782. The van der Waals surface area contributed by atoms with Crippen molar-refractivity contribution in [1.29, 1.82) is 0 Å². The second-order valence-corrected chi connectivity index (χ2v) is 4.82. The van der Waals surface area contributed by atoms with E-state index >= 15 is 0 Å². The third-order valence-corrected chi connectivity index (χ3v) is 3.57. The molecule has 17 heavy (non-hydrogen) atoms. The van der Waals surface area contributed by atoms with Gasteiger partial charge in [0.15, 0.2) is 5.78 Å². The number of ketones is 1. The average Bonchev–Trinajstić information content (AvgIpc) is 2.32. The van der Waals surface area contributed by atoms with Crippen molar-refractivity contribution in [2.75, 3.05) is 7.11 Å². The highest BCUT2D eigenvalue weighted by Gasteiger charge is 2.30. The fourth-order valence-electron chi connectivity index (χ4n) is 1.81. The summed E-state index contributed by atoms with van der Waals surface area (Å²) in [7, 11) is 1.60. The molecule has 0 spiro atoms. The summed E-state index contributed by atoms with van der Waals surface area (Å²) in [5.74, 6) is 0.149. The maximum atomic E-state index is 12.2. The maximum absolute atomic E-state index is 12.2. The van der Waals surface area contributed by atoms with E-state index in [0.717, 1.165) is 5.56 Å². The molecule has 0 heterocycles. The van der Waals surface area contributed by atoms with Gasteiger partial charge in [-0.3, -0.25) is 4.79 Å². The van der Waals surface area contributed by atoms with Crippen LogP contribution in [0.4, 0.5) is 0 Å². The fourth-order valence-corrected chi connectivity index (χ4v) is 1.81. The molecular weight excluding hydrogens is 212 g/mol. The SMILES string of the molecule is CCC(C)(OC)C(=O)Cc1cc(C)ccc1C. The molecule has 1 atom stereocenters. The van der Waals surface area contributed by atoms with Gasteiger partial charge in [0.05, 0.1) is 0 Å². The van der Waals surface area contributed by atoms with Crippen LogP contribution in [0.15, 0.2) is 18.2 Å². The molecule has 1 unspecified atom stereocenters. The largest absolute Gasteiger partial charge is 0.371 e. The van der Waals surface area contributed by atoms with Crippen LogP contribution < -0.4 is 0 Å². The van der Waals surface area contributed by atoms with Gasteiger partial charge in [-0.1, -0.05) is 30.7 Å². The van der Waals surface area contributed by atoms with Crippen LogP contribution in [-0.4, -0.2) is 18.5 Å². The van der Waals surface area contributed by atoms with E-state index < -0.39 is 5.60 Å². The summed E-state index contributed by atoms with van der Waals surface area (Å²) >= 11 is 0. The predicted octanol–water partition coefficient (Wildman–Crippen LogP) is 3.23. The van der Waals surface area contributed by atoms with Gasteiger partial charge in [-0.05, 0) is 38.3 Å². The summed E-state index contributed by atoms with van der Waals surface area (Å²) in [5, 5.41) is 0. The van der Waals surface area contributed by atoms with Crippen LogP contribution in [0.5, 0.6) is 0 Å². The first-order valence-electron chi connectivity index (χ1n) is 6.07. The topological polar surface area (TPSA) is 26.3 Å². The summed E-state index contributed by atoms with van der Waals surface area (Å²) in [5.41, 5.74) is 2.80. The van der Waals surface area contributed by atoms with Crippen molar-refractivity contribution in [2.45, 2.75) is 46.1 Å². The molecule has 0 saturated carbocycles. The summed E-state index contributed by atoms with van der Waals surface area (Å²) in [6, 6.07) is 6.21. The van der Waals surface area contributed by atoms with Gasteiger partial charge < -0.3 is 4.74 Å². The van der Waals surface area contributed by atoms with E-state index in [2.05, 4.69) is 18.2 Å². The normalized spacial score (nSPS) is 14.4. The smallest absolute Gasteiger partial charge is 0.168 e. The van der Waals surface area contributed by atoms with Crippen molar-refractivity contribution < 1.29 is 9.53 Å². The molecule has 0 radical (unpaired) electrons. The Hall–Kier alpha value is -1.15. The Balaban J connectivity index is 2.91. The Morgan fingerprint density at radius 3 is 2.53 bits per heavy atom. The zero-order valence-corrected chi connectivity index (χ0v) is 11.5. The van der Waals surface area contributed by atoms with Crippen LogP contribution in [0.1, 0.15) is 37.0 Å². The Kier molecular flexibility index (Phi) is 4.47. The van der Waals surface area contributed by atoms with Gasteiger partial charge in [-0.25, -0.2) is 0 Å². The minimum Gasteiger partial charge on any atom is -0.371 e. The number of rotatable bonds is 5. The lowest BCUT2D eigenvalue weighted by Crippen LogP contribution is -2.38. The zero-order valence-electron chi connectivity index (χ0n) is 11.5. The number of carbonyl (C=O) groups excluding carboxylic acids is 1. The van der Waals surface area contributed by atoms with Gasteiger partial charge in [0.25, 0.3) is 0 Å². The molecule has 1 rings (SSSR count). The van der Waals surface area contributed by atoms with Crippen molar-refractivity contribution in [3.8, 4) is 0 Å². The number of hydrogen-bond acceptors (Lipinski definition) is 2. The Labute approximate surface area is 104 Å². The molecule has 0 aliphatic carbocycles. The van der Waals surface area contributed by atoms with Gasteiger partial charge in [0, 0.05) is 13.5 Å². The Bertz CT molecular complexity index is 403. The highest BCUT2D eigenvalue weighted by molar-refractivity contribution is 5.89. The molecule has 0 bridgehead atoms. The molecule has 94 valence electrons. The lowest BCUT2D eigenvalue weighted by molar-refractivity contribution is -0.138. The van der Waals surface area contributed by atoms with Crippen LogP contribution in [0.2, 0.25) is 0 Å². The number of carbonyl (C=O) groups is 1. The molecule has 0 amide bonds. The number of aryl methyl sites for hydroxylation is 2. The first-order valence-corrected chi connectivity index (χ1v) is 6.07. The standard InChI is InChI=1S/C15H22O2/c1-6-15(4,17-5)14(16)10-13-9-11(2)7-8-12(13)3/h7-9H,6,10H2,1-5H3. The van der Waals surface area contributed by atoms with E-state index in [4.69, 9.17) is 4.74 Å². The van der Waals surface area contributed by atoms with Crippen molar-refractivity contribution in [3.05, 3.63) is 34.9 Å². The van der Waals surface area contributed by atoms with Crippen molar-refractivity contribution in [1.82, 2.24) is 0 Å². The molecule has 1 aromatic rings. The lowest BCUT2D eigenvalue weighted by Gasteiger charge is -2.25. The molecule has 0 aromatic heterocycles. The van der Waals surface area contributed by atoms with Crippen molar-refractivity contribution in [3.63, 3.8) is 0 Å². The number of Topliss-reactive ketones (excluding diaryl/α,β-unsaturated/α-hetero) is 1. The number of methoxy groups -OCH3 is 1. The Morgan fingerprint density at radius 1 is 1.35 bits per heavy atom. The van der Waals surface area contributed by atoms with Gasteiger partial charge in [0.2, 0.25) is 0 Å². The molecule has 2 heteroatoms. The van der Waals surface area contributed by atoms with E-state index in [1.807, 2.05) is 27.7 Å². The molecule has 1 aromatic carbocycles. The molecule has 0 saturated heterocycles. The summed E-state index contributed by atoms with van der Waals surface area (Å²) < 4.78 is 5.34. The summed E-state index contributed by atoms with van der Waals surface area (Å²) in [6.07, 6.45) is 1.15. The highest BCUT2D eigenvalue weighted by atomic mass is 16.5. The molecule has 2 nitrogen and oxygen atoms in total. The lowest BCUT2D eigenvalue weighted by atomic mass is 9.90. The van der Waals surface area contributed by atoms with Gasteiger partial charge >= 0.3 is 0 Å². The molecular formula is C15H22O2. The minimum atomic E-state index is -0.657. The number of benzene rings is 1. The maximum Gasteiger partial charge on any atom is 0.168 e. The van der Waals surface area contributed by atoms with Crippen LogP contribution >= 0.6 is 0 Å². The monoisotopic (exact) mass is 234 g/mol. The molecule has 0 aliphatic heterocycles. The predicted molar refractivity (Wildman–Crippen MR) is 70.3 cm³/mol. The summed E-state index contributed by atoms with van der Waals surface area (Å²) in [4.78, 5) is 12.2.